The summed E-state index contributed by atoms with van der Waals surface area (Å²) in [7, 11) is 0. The van der Waals surface area contributed by atoms with Crippen molar-refractivity contribution in [3.63, 3.8) is 0 Å². The summed E-state index contributed by atoms with van der Waals surface area (Å²) in [5.41, 5.74) is 2.29. The van der Waals surface area contributed by atoms with Gasteiger partial charge in [-0.3, -0.25) is 4.79 Å². The van der Waals surface area contributed by atoms with Crippen LogP contribution in [-0.4, -0.2) is 23.9 Å². The minimum atomic E-state index is 0.162. The van der Waals surface area contributed by atoms with Gasteiger partial charge >= 0.3 is 0 Å². The largest absolute Gasteiger partial charge is 0.342 e. The Morgan fingerprint density at radius 1 is 1.00 bits per heavy atom. The van der Waals surface area contributed by atoms with Crippen molar-refractivity contribution >= 4 is 29.1 Å². The number of carbonyl (C=O) groups is 1. The summed E-state index contributed by atoms with van der Waals surface area (Å²) in [4.78, 5) is 14.4. The third kappa shape index (κ3) is 4.07. The van der Waals surface area contributed by atoms with Gasteiger partial charge in [0, 0.05) is 13.1 Å². The first kappa shape index (κ1) is 16.4. The molecule has 23 heavy (non-hydrogen) atoms. The molecule has 1 aliphatic heterocycles. The lowest BCUT2D eigenvalue weighted by Crippen LogP contribution is -2.38. The minimum Gasteiger partial charge on any atom is -0.342 e. The maximum atomic E-state index is 12.5. The summed E-state index contributed by atoms with van der Waals surface area (Å²) in [6, 6.07) is 15.9. The molecule has 0 aromatic heterocycles. The number of piperidine rings is 1. The van der Waals surface area contributed by atoms with Gasteiger partial charge in [-0.25, -0.2) is 0 Å². The number of amides is 1. The van der Waals surface area contributed by atoms with E-state index >= 15 is 0 Å². The Morgan fingerprint density at radius 2 is 1.70 bits per heavy atom. The van der Waals surface area contributed by atoms with Crippen LogP contribution in [0.3, 0.4) is 0 Å². The van der Waals surface area contributed by atoms with Gasteiger partial charge in [0.05, 0.1) is 16.5 Å². The third-order valence-electron chi connectivity index (χ3n) is 4.46. The van der Waals surface area contributed by atoms with Gasteiger partial charge in [-0.1, -0.05) is 59.6 Å². The topological polar surface area (TPSA) is 20.3 Å². The molecule has 1 aliphatic rings. The Hall–Kier alpha value is -1.51. The van der Waals surface area contributed by atoms with Crippen molar-refractivity contribution in [2.75, 3.05) is 13.1 Å². The van der Waals surface area contributed by atoms with Crippen molar-refractivity contribution < 1.29 is 4.79 Å². The van der Waals surface area contributed by atoms with Gasteiger partial charge in [0.1, 0.15) is 0 Å². The van der Waals surface area contributed by atoms with Crippen molar-refractivity contribution in [2.24, 2.45) is 0 Å². The predicted molar refractivity (Wildman–Crippen MR) is 95.2 cm³/mol. The summed E-state index contributed by atoms with van der Waals surface area (Å²) in [6.45, 7) is 1.64. The standard InChI is InChI=1S/C19H19Cl2NO/c20-17-7-6-14(12-18(17)21)13-19(23)22-10-8-16(9-11-22)15-4-2-1-3-5-15/h1-7,12,16H,8-11,13H2. The second kappa shape index (κ2) is 7.37. The molecular formula is C19H19Cl2NO. The van der Waals surface area contributed by atoms with Crippen LogP contribution in [0.2, 0.25) is 10.0 Å². The fourth-order valence-corrected chi connectivity index (χ4v) is 3.44. The number of hydrogen-bond acceptors (Lipinski definition) is 1. The average molecular weight is 348 g/mol. The summed E-state index contributed by atoms with van der Waals surface area (Å²) < 4.78 is 0. The maximum Gasteiger partial charge on any atom is 0.226 e. The molecule has 0 N–H and O–H groups in total. The number of hydrogen-bond donors (Lipinski definition) is 0. The number of rotatable bonds is 3. The smallest absolute Gasteiger partial charge is 0.226 e. The first-order chi connectivity index (χ1) is 11.1. The lowest BCUT2D eigenvalue weighted by atomic mass is 9.89. The molecule has 0 radical (unpaired) electrons. The first-order valence-corrected chi connectivity index (χ1v) is 8.66. The normalized spacial score (nSPS) is 15.7. The lowest BCUT2D eigenvalue weighted by molar-refractivity contribution is -0.131. The van der Waals surface area contributed by atoms with Crippen molar-refractivity contribution in [1.82, 2.24) is 4.90 Å². The number of nitrogens with zero attached hydrogens (tertiary/aromatic N) is 1. The van der Waals surface area contributed by atoms with Crippen molar-refractivity contribution in [3.05, 3.63) is 69.7 Å². The van der Waals surface area contributed by atoms with Crippen LogP contribution in [0.1, 0.15) is 29.9 Å². The van der Waals surface area contributed by atoms with Crippen LogP contribution in [0.5, 0.6) is 0 Å². The van der Waals surface area contributed by atoms with E-state index in [1.807, 2.05) is 17.0 Å². The number of benzene rings is 2. The van der Waals surface area contributed by atoms with E-state index in [4.69, 9.17) is 23.2 Å². The van der Waals surface area contributed by atoms with Gasteiger partial charge in [0.15, 0.2) is 0 Å². The van der Waals surface area contributed by atoms with Gasteiger partial charge in [-0.05, 0) is 42.0 Å². The fourth-order valence-electron chi connectivity index (χ4n) is 3.12. The maximum absolute atomic E-state index is 12.5. The Morgan fingerprint density at radius 3 is 2.35 bits per heavy atom. The van der Waals surface area contributed by atoms with Crippen LogP contribution in [0, 0.1) is 0 Å². The third-order valence-corrected chi connectivity index (χ3v) is 5.20. The summed E-state index contributed by atoms with van der Waals surface area (Å²) in [5, 5.41) is 1.02. The van der Waals surface area contributed by atoms with Crippen LogP contribution in [-0.2, 0) is 11.2 Å². The van der Waals surface area contributed by atoms with Crippen LogP contribution < -0.4 is 0 Å². The van der Waals surface area contributed by atoms with Gasteiger partial charge < -0.3 is 4.90 Å². The molecule has 0 unspecified atom stereocenters. The number of halogens is 2. The van der Waals surface area contributed by atoms with E-state index in [9.17, 15) is 4.79 Å². The molecule has 0 saturated carbocycles. The minimum absolute atomic E-state index is 0.162. The van der Waals surface area contributed by atoms with E-state index in [1.165, 1.54) is 5.56 Å². The molecular weight excluding hydrogens is 329 g/mol. The fraction of sp³-hybridized carbons (Fsp3) is 0.316. The average Bonchev–Trinajstić information content (AvgIpc) is 2.59. The molecule has 0 bridgehead atoms. The number of likely N-dealkylation sites (tertiary alicyclic amines) is 1. The summed E-state index contributed by atoms with van der Waals surface area (Å²) >= 11 is 11.9. The van der Waals surface area contributed by atoms with Crippen LogP contribution in [0.4, 0.5) is 0 Å². The van der Waals surface area contributed by atoms with Gasteiger partial charge in [-0.15, -0.1) is 0 Å². The van der Waals surface area contributed by atoms with Crippen LogP contribution >= 0.6 is 23.2 Å². The monoisotopic (exact) mass is 347 g/mol. The van der Waals surface area contributed by atoms with Crippen molar-refractivity contribution in [2.45, 2.75) is 25.2 Å². The molecule has 2 aromatic rings. The van der Waals surface area contributed by atoms with E-state index in [0.717, 1.165) is 31.5 Å². The van der Waals surface area contributed by atoms with Gasteiger partial charge in [0.25, 0.3) is 0 Å². The molecule has 1 heterocycles. The van der Waals surface area contributed by atoms with Gasteiger partial charge in [-0.2, -0.15) is 0 Å². The second-order valence-electron chi connectivity index (χ2n) is 5.99. The summed E-state index contributed by atoms with van der Waals surface area (Å²) in [6.07, 6.45) is 2.43. The van der Waals surface area contributed by atoms with E-state index in [-0.39, 0.29) is 5.91 Å². The predicted octanol–water partition coefficient (Wildman–Crippen LogP) is 4.94. The lowest BCUT2D eigenvalue weighted by Gasteiger charge is -2.32. The molecule has 0 aliphatic carbocycles. The highest BCUT2D eigenvalue weighted by atomic mass is 35.5. The highest BCUT2D eigenvalue weighted by Crippen LogP contribution is 2.28. The van der Waals surface area contributed by atoms with E-state index in [2.05, 4.69) is 24.3 Å². The highest BCUT2D eigenvalue weighted by Gasteiger charge is 2.23. The quantitative estimate of drug-likeness (QED) is 0.769. The van der Waals surface area contributed by atoms with E-state index < -0.39 is 0 Å². The van der Waals surface area contributed by atoms with Gasteiger partial charge in [0.2, 0.25) is 5.91 Å². The molecule has 0 atom stereocenters. The second-order valence-corrected chi connectivity index (χ2v) is 6.81. The first-order valence-electron chi connectivity index (χ1n) is 7.90. The van der Waals surface area contributed by atoms with Crippen LogP contribution in [0.15, 0.2) is 48.5 Å². The van der Waals surface area contributed by atoms with Crippen LogP contribution in [0.25, 0.3) is 0 Å². The zero-order valence-corrected chi connectivity index (χ0v) is 14.4. The van der Waals surface area contributed by atoms with E-state index in [1.54, 1.807) is 12.1 Å². The summed E-state index contributed by atoms with van der Waals surface area (Å²) in [5.74, 6) is 0.722. The molecule has 120 valence electrons. The Bertz CT molecular complexity index is 679. The molecule has 1 fully saturated rings. The van der Waals surface area contributed by atoms with Crippen molar-refractivity contribution in [1.29, 1.82) is 0 Å². The molecule has 1 saturated heterocycles. The number of carbonyl (C=O) groups excluding carboxylic acids is 1. The Labute approximate surface area is 147 Å². The zero-order chi connectivity index (χ0) is 16.2. The molecule has 2 nitrogen and oxygen atoms in total. The zero-order valence-electron chi connectivity index (χ0n) is 12.8. The SMILES string of the molecule is O=C(Cc1ccc(Cl)c(Cl)c1)N1CCC(c2ccccc2)CC1. The Balaban J connectivity index is 1.57. The molecule has 0 spiro atoms. The molecule has 4 heteroatoms. The highest BCUT2D eigenvalue weighted by molar-refractivity contribution is 6.42. The molecule has 3 rings (SSSR count). The molecule has 2 aromatic carbocycles. The van der Waals surface area contributed by atoms with Crippen molar-refractivity contribution in [3.8, 4) is 0 Å². The molecule has 1 amide bonds. The van der Waals surface area contributed by atoms with E-state index in [0.29, 0.717) is 22.4 Å². The Kier molecular flexibility index (Phi) is 5.24.